The van der Waals surface area contributed by atoms with Gasteiger partial charge >= 0.3 is 6.01 Å². The molecular weight excluding hydrogens is 316 g/mol. The number of aromatic nitrogens is 3. The fourth-order valence-electron chi connectivity index (χ4n) is 2.98. The molecule has 0 saturated heterocycles. The van der Waals surface area contributed by atoms with E-state index in [0.717, 1.165) is 39.4 Å². The second-order valence-electron chi connectivity index (χ2n) is 5.50. The lowest BCUT2D eigenvalue weighted by molar-refractivity contribution is 0.380. The Morgan fingerprint density at radius 2 is 1.68 bits per heavy atom. The van der Waals surface area contributed by atoms with Crippen molar-refractivity contribution in [2.75, 3.05) is 14.2 Å². The Hall–Kier alpha value is -3.28. The van der Waals surface area contributed by atoms with Gasteiger partial charge in [-0.15, -0.1) is 0 Å². The largest absolute Gasteiger partial charge is 0.496 e. The molecule has 0 radical (unpaired) electrons. The number of hydrogen-bond donors (Lipinski definition) is 0. The summed E-state index contributed by atoms with van der Waals surface area (Å²) in [4.78, 5) is 17.6. The van der Waals surface area contributed by atoms with Crippen LogP contribution in [0.2, 0.25) is 0 Å². The Bertz CT molecular complexity index is 952. The lowest BCUT2D eigenvalue weighted by Gasteiger charge is -2.13. The number of nitrogens with zero attached hydrogens (tertiary/aromatic N) is 4. The van der Waals surface area contributed by atoms with E-state index in [1.807, 2.05) is 30.3 Å². The maximum Gasteiger partial charge on any atom is 0.316 e. The molecule has 6 heteroatoms. The molecule has 6 nitrogen and oxygen atoms in total. The molecule has 4 rings (SSSR count). The molecule has 0 bridgehead atoms. The minimum absolute atomic E-state index is 0.341. The average Bonchev–Trinajstić information content (AvgIpc) is 3.12. The van der Waals surface area contributed by atoms with Crippen LogP contribution in [0, 0.1) is 0 Å². The Balaban J connectivity index is 1.86. The summed E-state index contributed by atoms with van der Waals surface area (Å²) in [6.07, 6.45) is 5.29. The molecule has 1 aliphatic rings. The van der Waals surface area contributed by atoms with Crippen molar-refractivity contribution in [1.82, 2.24) is 15.0 Å². The van der Waals surface area contributed by atoms with Crippen LogP contribution in [0.25, 0.3) is 11.1 Å². The van der Waals surface area contributed by atoms with Gasteiger partial charge in [0, 0.05) is 35.3 Å². The lowest BCUT2D eigenvalue weighted by atomic mass is 9.95. The number of hydrogen-bond acceptors (Lipinski definition) is 6. The molecule has 0 saturated carbocycles. The quantitative estimate of drug-likeness (QED) is 0.735. The van der Waals surface area contributed by atoms with Crippen LogP contribution in [-0.2, 0) is 6.54 Å². The predicted molar refractivity (Wildman–Crippen MR) is 94.2 cm³/mol. The van der Waals surface area contributed by atoms with Gasteiger partial charge in [-0.05, 0) is 23.8 Å². The number of methoxy groups -OCH3 is 2. The van der Waals surface area contributed by atoms with Crippen LogP contribution in [0.1, 0.15) is 16.8 Å². The molecular formula is C19H16N4O2. The molecule has 0 spiro atoms. The maximum atomic E-state index is 5.51. The second kappa shape index (κ2) is 6.32. The summed E-state index contributed by atoms with van der Waals surface area (Å²) >= 11 is 0. The summed E-state index contributed by atoms with van der Waals surface area (Å²) in [5.74, 6) is 0.787. The fraction of sp³-hybridized carbons (Fsp3) is 0.158. The second-order valence-corrected chi connectivity index (χ2v) is 5.50. The zero-order valence-corrected chi connectivity index (χ0v) is 13.9. The van der Waals surface area contributed by atoms with Crippen molar-refractivity contribution in [3.8, 4) is 22.9 Å². The summed E-state index contributed by atoms with van der Waals surface area (Å²) < 4.78 is 10.5. The van der Waals surface area contributed by atoms with E-state index in [4.69, 9.17) is 14.5 Å². The third kappa shape index (κ3) is 2.61. The van der Waals surface area contributed by atoms with Gasteiger partial charge in [0.15, 0.2) is 0 Å². The van der Waals surface area contributed by atoms with E-state index in [-0.39, 0.29) is 0 Å². The van der Waals surface area contributed by atoms with Crippen LogP contribution >= 0.6 is 0 Å². The van der Waals surface area contributed by atoms with Crippen molar-refractivity contribution >= 4 is 5.71 Å². The summed E-state index contributed by atoms with van der Waals surface area (Å²) in [5.41, 5.74) is 5.66. The highest BCUT2D eigenvalue weighted by atomic mass is 16.5. The molecule has 0 unspecified atom stereocenters. The molecule has 1 aromatic carbocycles. The summed E-state index contributed by atoms with van der Waals surface area (Å²) in [6.45, 7) is 0.549. The normalized spacial score (nSPS) is 12.5. The van der Waals surface area contributed by atoms with E-state index < -0.39 is 0 Å². The molecule has 3 aromatic rings. The smallest absolute Gasteiger partial charge is 0.316 e. The zero-order valence-electron chi connectivity index (χ0n) is 13.9. The first kappa shape index (κ1) is 15.3. The number of ether oxygens (including phenoxy) is 2. The minimum Gasteiger partial charge on any atom is -0.496 e. The lowest BCUT2D eigenvalue weighted by Crippen LogP contribution is -2.06. The first-order valence-electron chi connectivity index (χ1n) is 7.84. The molecule has 0 amide bonds. The Labute approximate surface area is 145 Å². The molecule has 3 heterocycles. The number of rotatable bonds is 4. The predicted octanol–water partition coefficient (Wildman–Crippen LogP) is 2.91. The summed E-state index contributed by atoms with van der Waals surface area (Å²) in [7, 11) is 3.21. The van der Waals surface area contributed by atoms with Crippen molar-refractivity contribution in [2.24, 2.45) is 4.99 Å². The topological polar surface area (TPSA) is 69.5 Å². The van der Waals surface area contributed by atoms with Gasteiger partial charge in [-0.3, -0.25) is 9.98 Å². The van der Waals surface area contributed by atoms with Gasteiger partial charge < -0.3 is 9.47 Å². The van der Waals surface area contributed by atoms with Crippen molar-refractivity contribution in [3.63, 3.8) is 0 Å². The highest BCUT2D eigenvalue weighted by molar-refractivity contribution is 6.19. The van der Waals surface area contributed by atoms with E-state index in [2.05, 4.69) is 15.0 Å². The van der Waals surface area contributed by atoms with Crippen LogP contribution in [-0.4, -0.2) is 34.9 Å². The fourth-order valence-corrected chi connectivity index (χ4v) is 2.98. The standard InChI is InChI=1S/C19H16N4O2/c1-24-16-6-4-3-5-14(16)18-17-13(7-8-20-15(17)11-21-18)12-9-22-19(25-2)23-10-12/h3-10H,11H2,1-2H3. The monoisotopic (exact) mass is 332 g/mol. The SMILES string of the molecule is COc1ncc(-c2ccnc3c2C(c2ccccc2OC)=NC3)cn1. The maximum absolute atomic E-state index is 5.51. The molecule has 124 valence electrons. The van der Waals surface area contributed by atoms with Crippen molar-refractivity contribution in [1.29, 1.82) is 0 Å². The van der Waals surface area contributed by atoms with Crippen molar-refractivity contribution < 1.29 is 9.47 Å². The molecule has 2 aromatic heterocycles. The Kier molecular flexibility index (Phi) is 3.85. The third-order valence-electron chi connectivity index (χ3n) is 4.14. The highest BCUT2D eigenvalue weighted by Crippen LogP contribution is 2.33. The highest BCUT2D eigenvalue weighted by Gasteiger charge is 2.25. The van der Waals surface area contributed by atoms with E-state index >= 15 is 0 Å². The van der Waals surface area contributed by atoms with Crippen LogP contribution in [0.15, 0.2) is 53.9 Å². The number of para-hydroxylation sites is 1. The Morgan fingerprint density at radius 3 is 2.44 bits per heavy atom. The molecule has 25 heavy (non-hydrogen) atoms. The number of pyridine rings is 1. The third-order valence-corrected chi connectivity index (χ3v) is 4.14. The van der Waals surface area contributed by atoms with E-state index in [1.54, 1.807) is 32.8 Å². The molecule has 0 N–H and O–H groups in total. The van der Waals surface area contributed by atoms with Crippen LogP contribution < -0.4 is 9.47 Å². The van der Waals surface area contributed by atoms with Gasteiger partial charge in [0.2, 0.25) is 0 Å². The van der Waals surface area contributed by atoms with Gasteiger partial charge in [-0.1, -0.05) is 12.1 Å². The first-order chi connectivity index (χ1) is 12.3. The Morgan fingerprint density at radius 1 is 0.880 bits per heavy atom. The van der Waals surface area contributed by atoms with Gasteiger partial charge in [-0.25, -0.2) is 9.97 Å². The van der Waals surface area contributed by atoms with E-state index in [9.17, 15) is 0 Å². The summed E-state index contributed by atoms with van der Waals surface area (Å²) in [5, 5.41) is 0. The minimum atomic E-state index is 0.341. The van der Waals surface area contributed by atoms with Crippen LogP contribution in [0.3, 0.4) is 0 Å². The van der Waals surface area contributed by atoms with Crippen molar-refractivity contribution in [2.45, 2.75) is 6.54 Å². The van der Waals surface area contributed by atoms with Gasteiger partial charge in [0.1, 0.15) is 5.75 Å². The summed E-state index contributed by atoms with van der Waals surface area (Å²) in [6, 6.07) is 10.2. The number of benzene rings is 1. The van der Waals surface area contributed by atoms with Gasteiger partial charge in [-0.2, -0.15) is 0 Å². The zero-order chi connectivity index (χ0) is 17.2. The van der Waals surface area contributed by atoms with Crippen molar-refractivity contribution in [3.05, 3.63) is 65.7 Å². The van der Waals surface area contributed by atoms with Gasteiger partial charge in [0.05, 0.1) is 32.2 Å². The number of fused-ring (bicyclic) bond motifs is 1. The average molecular weight is 332 g/mol. The molecule has 1 aliphatic heterocycles. The van der Waals surface area contributed by atoms with Gasteiger partial charge in [0.25, 0.3) is 0 Å². The van der Waals surface area contributed by atoms with Crippen LogP contribution in [0.4, 0.5) is 0 Å². The number of aliphatic imine (C=N–C) groups is 1. The first-order valence-corrected chi connectivity index (χ1v) is 7.84. The van der Waals surface area contributed by atoms with Crippen LogP contribution in [0.5, 0.6) is 11.8 Å². The van der Waals surface area contributed by atoms with E-state index in [0.29, 0.717) is 12.6 Å². The molecule has 0 atom stereocenters. The van der Waals surface area contributed by atoms with E-state index in [1.165, 1.54) is 0 Å². The molecule has 0 fully saturated rings. The molecule has 0 aliphatic carbocycles.